The van der Waals surface area contributed by atoms with Crippen LogP contribution in [0.4, 0.5) is 5.69 Å². The summed E-state index contributed by atoms with van der Waals surface area (Å²) in [5.41, 5.74) is 0.126. The lowest BCUT2D eigenvalue weighted by Gasteiger charge is -2.21. The van der Waals surface area contributed by atoms with E-state index in [1.54, 1.807) is 18.2 Å². The number of para-hydroxylation sites is 1. The quantitative estimate of drug-likeness (QED) is 0.610. The molecule has 0 unspecified atom stereocenters. The smallest absolute Gasteiger partial charge is 0.187 e. The van der Waals surface area contributed by atoms with Crippen molar-refractivity contribution >= 4 is 17.3 Å². The Bertz CT molecular complexity index is 516. The fourth-order valence-electron chi connectivity index (χ4n) is 1.52. The molecule has 1 aromatic rings. The predicted octanol–water partition coefficient (Wildman–Crippen LogP) is 3.49. The van der Waals surface area contributed by atoms with Crippen LogP contribution in [0.1, 0.15) is 34.6 Å². The number of benzene rings is 1. The minimum atomic E-state index is -1.04. The molecule has 0 atom stereocenters. The van der Waals surface area contributed by atoms with E-state index in [-0.39, 0.29) is 17.2 Å². The Hall–Kier alpha value is -2.04. The Morgan fingerprint density at radius 1 is 1.10 bits per heavy atom. The van der Waals surface area contributed by atoms with E-state index in [1.165, 1.54) is 13.8 Å². The molecule has 0 fully saturated rings. The molecule has 1 aromatic carbocycles. The van der Waals surface area contributed by atoms with E-state index < -0.39 is 6.04 Å². The molecule has 5 nitrogen and oxygen atoms in total. The molecule has 0 aliphatic carbocycles. The van der Waals surface area contributed by atoms with Gasteiger partial charge in [-0.05, 0) is 46.8 Å². The van der Waals surface area contributed by atoms with E-state index >= 15 is 0 Å². The molecule has 0 aliphatic heterocycles. The van der Waals surface area contributed by atoms with Gasteiger partial charge in [0.05, 0.1) is 0 Å². The van der Waals surface area contributed by atoms with E-state index in [2.05, 4.69) is 10.2 Å². The first-order valence-electron chi connectivity index (χ1n) is 6.40. The lowest BCUT2D eigenvalue weighted by atomic mass is 10.1. The highest BCUT2D eigenvalue weighted by molar-refractivity contribution is 6.04. The number of nitrogens with zero attached hydrogens (tertiary/aromatic N) is 2. The lowest BCUT2D eigenvalue weighted by Crippen LogP contribution is -2.23. The molecule has 0 saturated carbocycles. The lowest BCUT2D eigenvalue weighted by molar-refractivity contribution is -0.126. The Morgan fingerprint density at radius 2 is 1.65 bits per heavy atom. The van der Waals surface area contributed by atoms with Gasteiger partial charge in [-0.15, -0.1) is 0 Å². The van der Waals surface area contributed by atoms with Gasteiger partial charge in [-0.25, -0.2) is 0 Å². The van der Waals surface area contributed by atoms with Crippen molar-refractivity contribution in [1.82, 2.24) is 0 Å². The van der Waals surface area contributed by atoms with Crippen molar-refractivity contribution in [3.8, 4) is 5.75 Å². The van der Waals surface area contributed by atoms with Crippen molar-refractivity contribution in [2.24, 2.45) is 10.2 Å². The van der Waals surface area contributed by atoms with Crippen LogP contribution in [-0.2, 0) is 9.59 Å². The van der Waals surface area contributed by atoms with E-state index in [9.17, 15) is 9.59 Å². The summed E-state index contributed by atoms with van der Waals surface area (Å²) in [5, 5.41) is 7.82. The number of hydrogen-bond acceptors (Lipinski definition) is 5. The summed E-state index contributed by atoms with van der Waals surface area (Å²) in [7, 11) is 0. The zero-order valence-electron chi connectivity index (χ0n) is 12.5. The SMILES string of the molecule is CC(=O)C(N=Nc1ccccc1OC(C)(C)C)C(C)=O. The first-order valence-corrected chi connectivity index (χ1v) is 6.40. The number of carbonyl (C=O) groups is 2. The van der Waals surface area contributed by atoms with Crippen molar-refractivity contribution in [1.29, 1.82) is 0 Å². The minimum Gasteiger partial charge on any atom is -0.486 e. The Labute approximate surface area is 119 Å². The summed E-state index contributed by atoms with van der Waals surface area (Å²) in [6.07, 6.45) is 0. The number of ether oxygens (including phenoxy) is 1. The summed E-state index contributed by atoms with van der Waals surface area (Å²) in [5.74, 6) is -0.0828. The second kappa shape index (κ2) is 6.41. The summed E-state index contributed by atoms with van der Waals surface area (Å²) in [4.78, 5) is 22.6. The van der Waals surface area contributed by atoms with Gasteiger partial charge in [0, 0.05) is 0 Å². The zero-order valence-corrected chi connectivity index (χ0v) is 12.5. The van der Waals surface area contributed by atoms with Crippen molar-refractivity contribution in [2.75, 3.05) is 0 Å². The van der Waals surface area contributed by atoms with E-state index in [0.717, 1.165) is 0 Å². The van der Waals surface area contributed by atoms with Gasteiger partial charge in [-0.2, -0.15) is 10.2 Å². The molecular formula is C15H20N2O3. The molecule has 0 amide bonds. The number of hydrogen-bond donors (Lipinski definition) is 0. The molecule has 0 aliphatic rings. The fourth-order valence-corrected chi connectivity index (χ4v) is 1.52. The third-order valence-electron chi connectivity index (χ3n) is 2.33. The predicted molar refractivity (Wildman–Crippen MR) is 76.5 cm³/mol. The summed E-state index contributed by atoms with van der Waals surface area (Å²) in [6.45, 7) is 8.42. The van der Waals surface area contributed by atoms with Gasteiger partial charge in [0.25, 0.3) is 0 Å². The Balaban J connectivity index is 3.03. The van der Waals surface area contributed by atoms with Gasteiger partial charge in [0.15, 0.2) is 17.6 Å². The van der Waals surface area contributed by atoms with Crippen LogP contribution in [0.5, 0.6) is 5.75 Å². The van der Waals surface area contributed by atoms with Gasteiger partial charge >= 0.3 is 0 Å². The molecule has 0 saturated heterocycles. The molecule has 20 heavy (non-hydrogen) atoms. The zero-order chi connectivity index (χ0) is 15.3. The monoisotopic (exact) mass is 276 g/mol. The maximum atomic E-state index is 11.3. The van der Waals surface area contributed by atoms with E-state index in [1.807, 2.05) is 26.8 Å². The van der Waals surface area contributed by atoms with Crippen molar-refractivity contribution in [3.63, 3.8) is 0 Å². The molecule has 0 radical (unpaired) electrons. The van der Waals surface area contributed by atoms with Gasteiger partial charge in [-0.1, -0.05) is 12.1 Å². The van der Waals surface area contributed by atoms with Crippen LogP contribution in [0.2, 0.25) is 0 Å². The Morgan fingerprint density at radius 3 is 2.15 bits per heavy atom. The van der Waals surface area contributed by atoms with Crippen LogP contribution in [0, 0.1) is 0 Å². The maximum absolute atomic E-state index is 11.3. The fraction of sp³-hybridized carbons (Fsp3) is 0.467. The first-order chi connectivity index (χ1) is 9.20. The number of carbonyl (C=O) groups excluding carboxylic acids is 2. The number of ketones is 2. The molecule has 0 spiro atoms. The second-order valence-corrected chi connectivity index (χ2v) is 5.52. The topological polar surface area (TPSA) is 68.1 Å². The standard InChI is InChI=1S/C15H20N2O3/c1-10(18)14(11(2)19)17-16-12-8-6-7-9-13(12)20-15(3,4)5/h6-9,14H,1-5H3. The van der Waals surface area contributed by atoms with Crippen LogP contribution in [0.25, 0.3) is 0 Å². The minimum absolute atomic E-state index is 0.324. The first kappa shape index (κ1) is 16.0. The summed E-state index contributed by atoms with van der Waals surface area (Å²) >= 11 is 0. The normalized spacial score (nSPS) is 11.9. The Kier molecular flexibility index (Phi) is 5.13. The third kappa shape index (κ3) is 4.91. The van der Waals surface area contributed by atoms with Crippen LogP contribution >= 0.6 is 0 Å². The second-order valence-electron chi connectivity index (χ2n) is 5.52. The molecule has 1 rings (SSSR count). The molecule has 108 valence electrons. The van der Waals surface area contributed by atoms with Crippen molar-refractivity contribution in [2.45, 2.75) is 46.3 Å². The molecular weight excluding hydrogens is 256 g/mol. The molecule has 5 heteroatoms. The summed E-state index contributed by atoms with van der Waals surface area (Å²) < 4.78 is 5.76. The van der Waals surface area contributed by atoms with Crippen LogP contribution < -0.4 is 4.74 Å². The largest absolute Gasteiger partial charge is 0.486 e. The highest BCUT2D eigenvalue weighted by Gasteiger charge is 2.19. The van der Waals surface area contributed by atoms with Crippen LogP contribution in [0.15, 0.2) is 34.5 Å². The van der Waals surface area contributed by atoms with E-state index in [0.29, 0.717) is 11.4 Å². The average Bonchev–Trinajstić information content (AvgIpc) is 2.28. The number of rotatable bonds is 5. The number of azo groups is 1. The molecule has 0 aromatic heterocycles. The van der Waals surface area contributed by atoms with Gasteiger partial charge < -0.3 is 4.74 Å². The van der Waals surface area contributed by atoms with Crippen LogP contribution in [-0.4, -0.2) is 23.2 Å². The van der Waals surface area contributed by atoms with Crippen molar-refractivity contribution < 1.29 is 14.3 Å². The number of Topliss-reactive ketones (excluding diaryl/α,β-unsaturated/α-hetero) is 2. The molecule has 0 heterocycles. The highest BCUT2D eigenvalue weighted by Crippen LogP contribution is 2.30. The third-order valence-corrected chi connectivity index (χ3v) is 2.33. The van der Waals surface area contributed by atoms with Gasteiger partial charge in [-0.3, -0.25) is 9.59 Å². The highest BCUT2D eigenvalue weighted by atomic mass is 16.5. The maximum Gasteiger partial charge on any atom is 0.187 e. The van der Waals surface area contributed by atoms with Gasteiger partial charge in [0.1, 0.15) is 17.0 Å². The van der Waals surface area contributed by atoms with Gasteiger partial charge in [0.2, 0.25) is 0 Å². The van der Waals surface area contributed by atoms with E-state index in [4.69, 9.17) is 4.74 Å². The summed E-state index contributed by atoms with van der Waals surface area (Å²) in [6, 6.07) is 6.07. The molecule has 0 N–H and O–H groups in total. The van der Waals surface area contributed by atoms with Crippen LogP contribution in [0.3, 0.4) is 0 Å². The molecule has 0 bridgehead atoms. The van der Waals surface area contributed by atoms with Crippen molar-refractivity contribution in [3.05, 3.63) is 24.3 Å². The average molecular weight is 276 g/mol.